The van der Waals surface area contributed by atoms with Gasteiger partial charge in [0.25, 0.3) is 0 Å². The Balaban J connectivity index is 4.97. The molecule has 0 aliphatic heterocycles. The van der Waals surface area contributed by atoms with Crippen molar-refractivity contribution in [2.45, 2.75) is 79.1 Å². The summed E-state index contributed by atoms with van der Waals surface area (Å²) >= 11 is 0. The normalized spacial score (nSPS) is 13.5. The summed E-state index contributed by atoms with van der Waals surface area (Å²) in [5, 5.41) is 2.43. The molecule has 22 heavy (non-hydrogen) atoms. The van der Waals surface area contributed by atoms with Crippen molar-refractivity contribution >= 4 is 17.8 Å². The van der Waals surface area contributed by atoms with E-state index in [1.54, 1.807) is 55.4 Å². The van der Waals surface area contributed by atoms with Gasteiger partial charge in [-0.2, -0.15) is 0 Å². The number of esters is 1. The number of ketones is 1. The molecule has 0 aromatic rings. The number of nitrogens with one attached hydrogen (secondary N) is 1. The summed E-state index contributed by atoms with van der Waals surface area (Å²) in [6.45, 7) is 13.8. The topological polar surface area (TPSA) is 81.7 Å². The van der Waals surface area contributed by atoms with Crippen LogP contribution in [0.5, 0.6) is 0 Å². The monoisotopic (exact) mass is 315 g/mol. The highest BCUT2D eigenvalue weighted by Gasteiger charge is 2.30. The van der Waals surface area contributed by atoms with Gasteiger partial charge < -0.3 is 14.8 Å². The van der Waals surface area contributed by atoms with Crippen molar-refractivity contribution in [1.82, 2.24) is 5.32 Å². The Morgan fingerprint density at radius 2 is 1.36 bits per heavy atom. The van der Waals surface area contributed by atoms with Crippen LogP contribution in [0.4, 0.5) is 4.79 Å². The van der Waals surface area contributed by atoms with Gasteiger partial charge in [-0.15, -0.1) is 0 Å². The molecule has 0 aliphatic rings. The molecule has 1 atom stereocenters. The molecule has 0 heterocycles. The number of alkyl carbamates (subject to hydrolysis) is 1. The van der Waals surface area contributed by atoms with Crippen LogP contribution in [0.25, 0.3) is 0 Å². The summed E-state index contributed by atoms with van der Waals surface area (Å²) in [4.78, 5) is 35.9. The Morgan fingerprint density at radius 3 is 1.73 bits per heavy atom. The van der Waals surface area contributed by atoms with Crippen LogP contribution in [0.3, 0.4) is 0 Å². The Labute approximate surface area is 132 Å². The van der Waals surface area contributed by atoms with E-state index in [1.807, 2.05) is 0 Å². The van der Waals surface area contributed by atoms with E-state index in [0.717, 1.165) is 0 Å². The van der Waals surface area contributed by atoms with Gasteiger partial charge >= 0.3 is 12.1 Å². The number of carbonyl (C=O) groups is 3. The molecule has 0 fully saturated rings. The summed E-state index contributed by atoms with van der Waals surface area (Å²) in [5.41, 5.74) is -1.39. The number of ether oxygens (including phenoxy) is 2. The minimum Gasteiger partial charge on any atom is -0.458 e. The molecule has 6 heteroatoms. The highest BCUT2D eigenvalue weighted by Crippen LogP contribution is 2.13. The lowest BCUT2D eigenvalue weighted by atomic mass is 10.0. The van der Waals surface area contributed by atoms with Crippen molar-refractivity contribution in [3.8, 4) is 0 Å². The van der Waals surface area contributed by atoms with Crippen molar-refractivity contribution in [3.05, 3.63) is 0 Å². The maximum absolute atomic E-state index is 12.2. The zero-order valence-corrected chi connectivity index (χ0v) is 14.9. The lowest BCUT2D eigenvalue weighted by Gasteiger charge is -2.26. The third kappa shape index (κ3) is 9.37. The van der Waals surface area contributed by atoms with Crippen LogP contribution in [0, 0.1) is 5.92 Å². The van der Waals surface area contributed by atoms with Crippen LogP contribution in [-0.2, 0) is 19.1 Å². The number of rotatable bonds is 5. The third-order valence-corrected chi connectivity index (χ3v) is 2.43. The summed E-state index contributed by atoms with van der Waals surface area (Å²) in [6.07, 6.45) is -0.869. The Hall–Kier alpha value is -1.59. The van der Waals surface area contributed by atoms with E-state index in [2.05, 4.69) is 5.32 Å². The number of Topliss-reactive ketones (excluding diaryl/α,β-unsaturated/α-hetero) is 1. The molecule has 1 amide bonds. The van der Waals surface area contributed by atoms with Crippen LogP contribution in [0.15, 0.2) is 0 Å². The average Bonchev–Trinajstić information content (AvgIpc) is 2.22. The molecular weight excluding hydrogens is 286 g/mol. The van der Waals surface area contributed by atoms with E-state index in [-0.39, 0.29) is 18.1 Å². The van der Waals surface area contributed by atoms with Gasteiger partial charge in [0.2, 0.25) is 0 Å². The predicted molar refractivity (Wildman–Crippen MR) is 83.5 cm³/mol. The van der Waals surface area contributed by atoms with Gasteiger partial charge in [-0.3, -0.25) is 4.79 Å². The second-order valence-electron chi connectivity index (χ2n) is 7.56. The van der Waals surface area contributed by atoms with Crippen LogP contribution < -0.4 is 5.32 Å². The first kappa shape index (κ1) is 20.4. The Morgan fingerprint density at radius 1 is 0.909 bits per heavy atom. The molecule has 0 aliphatic carbocycles. The van der Waals surface area contributed by atoms with E-state index < -0.39 is 29.3 Å². The van der Waals surface area contributed by atoms with Gasteiger partial charge in [0.1, 0.15) is 23.0 Å². The fraction of sp³-hybridized carbons (Fsp3) is 0.812. The molecule has 0 saturated heterocycles. The number of hydrogen-bond donors (Lipinski definition) is 1. The maximum Gasteiger partial charge on any atom is 0.408 e. The van der Waals surface area contributed by atoms with Crippen molar-refractivity contribution in [3.63, 3.8) is 0 Å². The lowest BCUT2D eigenvalue weighted by Crippen LogP contribution is -2.47. The second kappa shape index (κ2) is 7.61. The minimum absolute atomic E-state index is 0.119. The van der Waals surface area contributed by atoms with Crippen molar-refractivity contribution in [1.29, 1.82) is 0 Å². The first-order valence-electron chi connectivity index (χ1n) is 7.46. The largest absolute Gasteiger partial charge is 0.458 e. The summed E-state index contributed by atoms with van der Waals surface area (Å²) < 4.78 is 10.4. The maximum atomic E-state index is 12.2. The van der Waals surface area contributed by atoms with Crippen LogP contribution in [0.2, 0.25) is 0 Å². The van der Waals surface area contributed by atoms with Crippen molar-refractivity contribution < 1.29 is 23.9 Å². The van der Waals surface area contributed by atoms with Gasteiger partial charge in [0, 0.05) is 12.3 Å². The van der Waals surface area contributed by atoms with Crippen LogP contribution >= 0.6 is 0 Å². The molecule has 0 radical (unpaired) electrons. The van der Waals surface area contributed by atoms with Crippen molar-refractivity contribution in [2.24, 2.45) is 5.92 Å². The highest BCUT2D eigenvalue weighted by atomic mass is 16.6. The molecule has 0 aromatic carbocycles. The van der Waals surface area contributed by atoms with Gasteiger partial charge in [-0.05, 0) is 41.5 Å². The SMILES string of the molecule is CC(C)C(=O)CC(NC(=O)OC(C)(C)C)C(=O)OC(C)(C)C. The number of carbonyl (C=O) groups excluding carboxylic acids is 3. The summed E-state index contributed by atoms with van der Waals surface area (Å²) in [6, 6.07) is -1.05. The number of amides is 1. The predicted octanol–water partition coefficient (Wildman–Crippen LogP) is 2.84. The first-order valence-corrected chi connectivity index (χ1v) is 7.46. The van der Waals surface area contributed by atoms with Gasteiger partial charge in [0.15, 0.2) is 0 Å². The molecule has 128 valence electrons. The van der Waals surface area contributed by atoms with Gasteiger partial charge in [-0.25, -0.2) is 9.59 Å². The Kier molecular flexibility index (Phi) is 7.06. The van der Waals surface area contributed by atoms with Gasteiger partial charge in [0.05, 0.1) is 0 Å². The van der Waals surface area contributed by atoms with E-state index >= 15 is 0 Å². The van der Waals surface area contributed by atoms with Gasteiger partial charge in [-0.1, -0.05) is 13.8 Å². The molecule has 0 aromatic heterocycles. The van der Waals surface area contributed by atoms with Crippen molar-refractivity contribution in [2.75, 3.05) is 0 Å². The molecule has 0 rings (SSSR count). The number of hydrogen-bond acceptors (Lipinski definition) is 5. The lowest BCUT2D eigenvalue weighted by molar-refractivity contribution is -0.158. The molecule has 1 N–H and O–H groups in total. The quantitative estimate of drug-likeness (QED) is 0.789. The molecule has 0 bridgehead atoms. The van der Waals surface area contributed by atoms with Crippen LogP contribution in [-0.4, -0.2) is 35.1 Å². The zero-order valence-electron chi connectivity index (χ0n) is 14.9. The summed E-state index contributed by atoms with van der Waals surface area (Å²) in [5.74, 6) is -1.01. The summed E-state index contributed by atoms with van der Waals surface area (Å²) in [7, 11) is 0. The molecule has 0 saturated carbocycles. The molecule has 1 unspecified atom stereocenters. The van der Waals surface area contributed by atoms with E-state index in [4.69, 9.17) is 9.47 Å². The zero-order chi connectivity index (χ0) is 17.7. The third-order valence-electron chi connectivity index (χ3n) is 2.43. The minimum atomic E-state index is -1.05. The van der Waals surface area contributed by atoms with E-state index in [1.165, 1.54) is 0 Å². The van der Waals surface area contributed by atoms with E-state index in [0.29, 0.717) is 0 Å². The highest BCUT2D eigenvalue weighted by molar-refractivity contribution is 5.89. The molecular formula is C16H29NO5. The van der Waals surface area contributed by atoms with E-state index in [9.17, 15) is 14.4 Å². The smallest absolute Gasteiger partial charge is 0.408 e. The Bertz CT molecular complexity index is 415. The fourth-order valence-electron chi connectivity index (χ4n) is 1.45. The molecule has 0 spiro atoms. The average molecular weight is 315 g/mol. The first-order chi connectivity index (χ1) is 9.71. The van der Waals surface area contributed by atoms with Crippen LogP contribution in [0.1, 0.15) is 61.8 Å². The second-order valence-corrected chi connectivity index (χ2v) is 7.56. The fourth-order valence-corrected chi connectivity index (χ4v) is 1.45. The standard InChI is InChI=1S/C16H29NO5/c1-10(2)12(18)9-11(13(19)21-15(3,4)5)17-14(20)22-16(6,7)8/h10-11H,9H2,1-8H3,(H,17,20). The molecule has 6 nitrogen and oxygen atoms in total.